The monoisotopic (exact) mass is 807 g/mol. The Bertz CT molecular complexity index is 3440. The zero-order valence-electron chi connectivity index (χ0n) is 34.7. The second-order valence-corrected chi connectivity index (χ2v) is 16.0. The van der Waals surface area contributed by atoms with Crippen LogP contribution in [0.3, 0.4) is 0 Å². The number of fused-ring (bicyclic) bond motifs is 12. The molecule has 3 aromatic heterocycles. The number of aromatic nitrogens is 3. The summed E-state index contributed by atoms with van der Waals surface area (Å²) in [6, 6.07) is 67.6. The molecule has 0 saturated heterocycles. The number of rotatable bonds is 6. The molecule has 298 valence electrons. The van der Waals surface area contributed by atoms with Gasteiger partial charge in [0.15, 0.2) is 0 Å². The Hall–Kier alpha value is -8.41. The molecule has 5 heteroatoms. The first-order chi connectivity index (χ1) is 31.2. The maximum Gasteiger partial charge on any atom is 0.0666 e. The van der Waals surface area contributed by atoms with Gasteiger partial charge in [0.05, 0.1) is 69.1 Å². The predicted octanol–water partition coefficient (Wildman–Crippen LogP) is 15.7. The zero-order valence-corrected chi connectivity index (χ0v) is 34.7. The predicted molar refractivity (Wildman–Crippen MR) is 263 cm³/mol. The molecule has 0 saturated carbocycles. The van der Waals surface area contributed by atoms with Gasteiger partial charge >= 0.3 is 0 Å². The molecule has 12 rings (SSSR count). The average molecular weight is 808 g/mol. The molecule has 0 N–H and O–H groups in total. The minimum Gasteiger partial charge on any atom is -0.309 e. The molecule has 0 aliphatic carbocycles. The standard InChI is InChI=1S/C58H41N5/c1-3-21-43-49(4-2)62(57-47-29-14-19-34-53(47)60(39-22-7-5-8-23-39)50-31-16-11-26-44(50)55(43)57)41-36-42(38-59-37-41)63-52-33-18-13-28-46(52)56-45-27-12-17-32-51(45)61(40-24-9-6-10-25-40)54-35-20-15-30-48(54)58(56)63/h3-38H,2H2,1H3/b21-3-. The maximum atomic E-state index is 5.11. The van der Waals surface area contributed by atoms with E-state index in [0.29, 0.717) is 0 Å². The third-order valence-electron chi connectivity index (χ3n) is 12.5. The number of anilines is 6. The first kappa shape index (κ1) is 36.4. The molecule has 5 nitrogen and oxygen atoms in total. The quantitative estimate of drug-likeness (QED) is 0.168. The largest absolute Gasteiger partial charge is 0.309 e. The van der Waals surface area contributed by atoms with Crippen molar-refractivity contribution < 1.29 is 0 Å². The summed E-state index contributed by atoms with van der Waals surface area (Å²) in [5.74, 6) is 0. The van der Waals surface area contributed by atoms with Crippen molar-refractivity contribution in [2.24, 2.45) is 0 Å². The van der Waals surface area contributed by atoms with Crippen LogP contribution in [0.4, 0.5) is 34.1 Å². The molecule has 5 heterocycles. The van der Waals surface area contributed by atoms with E-state index in [0.717, 1.165) is 95.9 Å². The minimum absolute atomic E-state index is 0.939. The molecular weight excluding hydrogens is 767 g/mol. The van der Waals surface area contributed by atoms with Gasteiger partial charge in [-0.05, 0) is 73.7 Å². The molecule has 0 amide bonds. The zero-order chi connectivity index (χ0) is 42.0. The second-order valence-electron chi connectivity index (χ2n) is 16.0. The van der Waals surface area contributed by atoms with Crippen LogP contribution < -0.4 is 9.80 Å². The lowest BCUT2D eigenvalue weighted by Gasteiger charge is -2.27. The second kappa shape index (κ2) is 14.6. The number of benzene rings is 7. The Labute approximate surface area is 367 Å². The summed E-state index contributed by atoms with van der Waals surface area (Å²) in [4.78, 5) is 9.91. The Morgan fingerprint density at radius 1 is 0.444 bits per heavy atom. The Balaban J connectivity index is 1.16. The van der Waals surface area contributed by atoms with Crippen molar-refractivity contribution in [2.75, 3.05) is 9.80 Å². The average Bonchev–Trinajstić information content (AvgIpc) is 3.77. The lowest BCUT2D eigenvalue weighted by atomic mass is 9.96. The summed E-state index contributed by atoms with van der Waals surface area (Å²) in [5, 5.41) is 1.18. The molecular formula is C58H41N5. The van der Waals surface area contributed by atoms with Crippen LogP contribution in [0.5, 0.6) is 0 Å². The molecule has 63 heavy (non-hydrogen) atoms. The van der Waals surface area contributed by atoms with Crippen molar-refractivity contribution in [3.05, 3.63) is 224 Å². The van der Waals surface area contributed by atoms with Crippen LogP contribution in [0.2, 0.25) is 0 Å². The highest BCUT2D eigenvalue weighted by atomic mass is 15.2. The smallest absolute Gasteiger partial charge is 0.0666 e. The van der Waals surface area contributed by atoms with Gasteiger partial charge in [-0.15, -0.1) is 0 Å². The van der Waals surface area contributed by atoms with Gasteiger partial charge in [-0.2, -0.15) is 0 Å². The topological polar surface area (TPSA) is 29.2 Å². The highest BCUT2D eigenvalue weighted by Gasteiger charge is 2.34. The summed E-state index contributed by atoms with van der Waals surface area (Å²) in [7, 11) is 0. The third-order valence-corrected chi connectivity index (χ3v) is 12.5. The Morgan fingerprint density at radius 2 is 0.889 bits per heavy atom. The van der Waals surface area contributed by atoms with Gasteiger partial charge in [0.2, 0.25) is 0 Å². The molecule has 10 aromatic rings. The first-order valence-corrected chi connectivity index (χ1v) is 21.5. The van der Waals surface area contributed by atoms with E-state index in [4.69, 9.17) is 4.98 Å². The normalized spacial score (nSPS) is 12.5. The minimum atomic E-state index is 0.939. The van der Waals surface area contributed by atoms with Gasteiger partial charge in [-0.3, -0.25) is 4.98 Å². The lowest BCUT2D eigenvalue weighted by molar-refractivity contribution is 1.02. The van der Waals surface area contributed by atoms with Crippen molar-refractivity contribution in [3.63, 3.8) is 0 Å². The molecule has 0 radical (unpaired) electrons. The fourth-order valence-electron chi connectivity index (χ4n) is 10.1. The first-order valence-electron chi connectivity index (χ1n) is 21.5. The van der Waals surface area contributed by atoms with Crippen LogP contribution in [0.25, 0.3) is 79.2 Å². The summed E-state index contributed by atoms with van der Waals surface area (Å²) in [6.07, 6.45) is 10.4. The summed E-state index contributed by atoms with van der Waals surface area (Å²) >= 11 is 0. The van der Waals surface area contributed by atoms with Crippen LogP contribution in [-0.4, -0.2) is 14.1 Å². The number of para-hydroxylation sites is 7. The number of pyridine rings is 1. The molecule has 0 fully saturated rings. The van der Waals surface area contributed by atoms with Gasteiger partial charge in [0.1, 0.15) is 0 Å². The van der Waals surface area contributed by atoms with Gasteiger partial charge in [-0.1, -0.05) is 146 Å². The van der Waals surface area contributed by atoms with Crippen LogP contribution in [0.1, 0.15) is 18.2 Å². The van der Waals surface area contributed by atoms with E-state index in [1.807, 2.05) is 18.5 Å². The van der Waals surface area contributed by atoms with E-state index in [1.54, 1.807) is 0 Å². The fourth-order valence-corrected chi connectivity index (χ4v) is 10.1. The van der Waals surface area contributed by atoms with Crippen LogP contribution in [-0.2, 0) is 0 Å². The summed E-state index contributed by atoms with van der Waals surface area (Å²) < 4.78 is 4.80. The number of hydrogen-bond donors (Lipinski definition) is 0. The van der Waals surface area contributed by atoms with E-state index >= 15 is 0 Å². The maximum absolute atomic E-state index is 5.11. The third kappa shape index (κ3) is 5.46. The lowest BCUT2D eigenvalue weighted by Crippen LogP contribution is -2.11. The molecule has 7 aromatic carbocycles. The fraction of sp³-hybridized carbons (Fsp3) is 0.0172. The van der Waals surface area contributed by atoms with E-state index in [2.05, 4.69) is 233 Å². The Kier molecular flexibility index (Phi) is 8.47. The van der Waals surface area contributed by atoms with Gasteiger partial charge < -0.3 is 18.9 Å². The van der Waals surface area contributed by atoms with E-state index in [9.17, 15) is 0 Å². The van der Waals surface area contributed by atoms with Crippen LogP contribution >= 0.6 is 0 Å². The number of hydrogen-bond acceptors (Lipinski definition) is 3. The molecule has 0 spiro atoms. The highest BCUT2D eigenvalue weighted by Crippen LogP contribution is 2.56. The van der Waals surface area contributed by atoms with E-state index in [1.165, 1.54) is 16.5 Å². The molecule has 0 unspecified atom stereocenters. The molecule has 0 bridgehead atoms. The van der Waals surface area contributed by atoms with Crippen molar-refractivity contribution in [1.82, 2.24) is 14.1 Å². The SMILES string of the molecule is C=Cc1c(/C=C\C)c2c(n1-c1cncc(-n3c4c(c5ccccc53)-c3ccccc3N(c3ccccc3)c3ccccc3-4)c1)-c1ccccc1N(c1ccccc1)c1ccccc1-2. The van der Waals surface area contributed by atoms with Gasteiger partial charge in [0.25, 0.3) is 0 Å². The highest BCUT2D eigenvalue weighted by molar-refractivity contribution is 6.13. The van der Waals surface area contributed by atoms with Gasteiger partial charge in [0, 0.05) is 55.7 Å². The van der Waals surface area contributed by atoms with E-state index in [-0.39, 0.29) is 0 Å². The van der Waals surface area contributed by atoms with Crippen molar-refractivity contribution in [3.8, 4) is 56.1 Å². The molecule has 2 aliphatic rings. The van der Waals surface area contributed by atoms with Gasteiger partial charge in [-0.25, -0.2) is 0 Å². The van der Waals surface area contributed by atoms with Crippen molar-refractivity contribution in [2.45, 2.75) is 6.92 Å². The van der Waals surface area contributed by atoms with E-state index < -0.39 is 0 Å². The van der Waals surface area contributed by atoms with Crippen molar-refractivity contribution in [1.29, 1.82) is 0 Å². The number of nitrogens with zero attached hydrogens (tertiary/aromatic N) is 5. The summed E-state index contributed by atoms with van der Waals surface area (Å²) in [5.41, 5.74) is 20.9. The molecule has 0 atom stereocenters. The van der Waals surface area contributed by atoms with Crippen LogP contribution in [0.15, 0.2) is 213 Å². The number of allylic oxidation sites excluding steroid dienone is 1. The van der Waals surface area contributed by atoms with Crippen LogP contribution in [0, 0.1) is 0 Å². The molecule has 2 aliphatic heterocycles. The Morgan fingerprint density at radius 3 is 1.44 bits per heavy atom. The van der Waals surface area contributed by atoms with Crippen molar-refractivity contribution >= 4 is 57.2 Å². The summed E-state index contributed by atoms with van der Waals surface area (Å²) in [6.45, 7) is 6.55.